The highest BCUT2D eigenvalue weighted by molar-refractivity contribution is 5.86. The van der Waals surface area contributed by atoms with Crippen molar-refractivity contribution in [3.63, 3.8) is 0 Å². The molecule has 0 bridgehead atoms. The fraction of sp³-hybridized carbons (Fsp3) is 0.769. The van der Waals surface area contributed by atoms with E-state index in [4.69, 9.17) is 5.11 Å². The molecule has 0 atom stereocenters. The Balaban J connectivity index is 2.27. The van der Waals surface area contributed by atoms with Gasteiger partial charge in [0.15, 0.2) is 5.69 Å². The van der Waals surface area contributed by atoms with Crippen LogP contribution in [0.15, 0.2) is 0 Å². The van der Waals surface area contributed by atoms with Crippen LogP contribution < -0.4 is 0 Å². The Bertz CT molecular complexity index is 462. The summed E-state index contributed by atoms with van der Waals surface area (Å²) in [5.41, 5.74) is -0.188. The summed E-state index contributed by atoms with van der Waals surface area (Å²) in [6.45, 7) is 4.15. The second kappa shape index (κ2) is 5.28. The van der Waals surface area contributed by atoms with E-state index in [2.05, 4.69) is 10.3 Å². The summed E-state index contributed by atoms with van der Waals surface area (Å²) in [5, 5.41) is 27.3. The minimum Gasteiger partial charge on any atom is -0.476 e. The molecule has 1 fully saturated rings. The van der Waals surface area contributed by atoms with Gasteiger partial charge in [0.2, 0.25) is 0 Å². The predicted molar refractivity (Wildman–Crippen MR) is 69.1 cm³/mol. The van der Waals surface area contributed by atoms with Gasteiger partial charge in [0.1, 0.15) is 0 Å². The normalized spacial score (nSPS) is 18.7. The number of aromatic nitrogens is 3. The first-order valence-corrected chi connectivity index (χ1v) is 6.82. The maximum absolute atomic E-state index is 11.1. The van der Waals surface area contributed by atoms with Crippen LogP contribution in [0.1, 0.15) is 68.1 Å². The van der Waals surface area contributed by atoms with Crippen molar-refractivity contribution in [1.82, 2.24) is 15.0 Å². The van der Waals surface area contributed by atoms with Gasteiger partial charge in [-0.3, -0.25) is 0 Å². The molecular formula is C13H21N3O3. The summed E-state index contributed by atoms with van der Waals surface area (Å²) in [7, 11) is 0. The van der Waals surface area contributed by atoms with Gasteiger partial charge in [-0.25, -0.2) is 9.48 Å². The first-order valence-electron chi connectivity index (χ1n) is 6.82. The smallest absolute Gasteiger partial charge is 0.358 e. The Morgan fingerprint density at radius 1 is 1.37 bits per heavy atom. The third-order valence-corrected chi connectivity index (χ3v) is 3.75. The van der Waals surface area contributed by atoms with Crippen molar-refractivity contribution in [3.05, 3.63) is 11.4 Å². The highest BCUT2D eigenvalue weighted by Crippen LogP contribution is 2.30. The highest BCUT2D eigenvalue weighted by Gasteiger charge is 2.32. The van der Waals surface area contributed by atoms with E-state index in [1.54, 1.807) is 4.68 Å². The zero-order chi connectivity index (χ0) is 14.0. The van der Waals surface area contributed by atoms with Crippen molar-refractivity contribution >= 4 is 5.97 Å². The van der Waals surface area contributed by atoms with Crippen LogP contribution in [0.5, 0.6) is 0 Å². The van der Waals surface area contributed by atoms with Gasteiger partial charge in [0.05, 0.1) is 17.8 Å². The van der Waals surface area contributed by atoms with Crippen molar-refractivity contribution in [2.75, 3.05) is 0 Å². The number of nitrogens with zero attached hydrogens (tertiary/aromatic N) is 3. The second-order valence-corrected chi connectivity index (χ2v) is 5.73. The molecule has 2 N–H and O–H groups in total. The van der Waals surface area contributed by atoms with Crippen LogP contribution in [0.4, 0.5) is 0 Å². The van der Waals surface area contributed by atoms with E-state index in [0.29, 0.717) is 12.2 Å². The fourth-order valence-corrected chi connectivity index (χ4v) is 2.81. The zero-order valence-electron chi connectivity index (χ0n) is 11.5. The lowest BCUT2D eigenvalue weighted by Gasteiger charge is -2.32. The number of aliphatic hydroxyl groups is 1. The van der Waals surface area contributed by atoms with Crippen LogP contribution >= 0.6 is 0 Å². The van der Waals surface area contributed by atoms with E-state index in [1.807, 2.05) is 13.8 Å². The van der Waals surface area contributed by atoms with Crippen molar-refractivity contribution in [3.8, 4) is 0 Å². The standard InChI is InChI=1S/C13H21N3O3/c1-9(2)11-10(12(17)18)14-15-16(11)8-13(19)6-4-3-5-7-13/h9,19H,3-8H2,1-2H3,(H,17,18). The zero-order valence-corrected chi connectivity index (χ0v) is 11.5. The summed E-state index contributed by atoms with van der Waals surface area (Å²) in [6.07, 6.45) is 4.65. The van der Waals surface area contributed by atoms with E-state index in [-0.39, 0.29) is 11.6 Å². The molecule has 1 heterocycles. The van der Waals surface area contributed by atoms with Crippen LogP contribution in [0.2, 0.25) is 0 Å². The molecule has 2 rings (SSSR count). The summed E-state index contributed by atoms with van der Waals surface area (Å²) in [5.74, 6) is -1.06. The fourth-order valence-electron chi connectivity index (χ4n) is 2.81. The SMILES string of the molecule is CC(C)c1c(C(=O)O)nnn1CC1(O)CCCCC1. The molecule has 1 aromatic heterocycles. The number of carboxylic acids is 1. The van der Waals surface area contributed by atoms with E-state index in [0.717, 1.165) is 32.1 Å². The van der Waals surface area contributed by atoms with Crippen molar-refractivity contribution < 1.29 is 15.0 Å². The van der Waals surface area contributed by atoms with E-state index in [1.165, 1.54) is 0 Å². The van der Waals surface area contributed by atoms with Gasteiger partial charge in [-0.1, -0.05) is 38.3 Å². The van der Waals surface area contributed by atoms with Gasteiger partial charge in [-0.2, -0.15) is 0 Å². The van der Waals surface area contributed by atoms with Gasteiger partial charge in [-0.05, 0) is 18.8 Å². The molecule has 0 unspecified atom stereocenters. The largest absolute Gasteiger partial charge is 0.476 e. The average molecular weight is 267 g/mol. The lowest BCUT2D eigenvalue weighted by atomic mass is 9.85. The Labute approximate surface area is 112 Å². The second-order valence-electron chi connectivity index (χ2n) is 5.73. The first kappa shape index (κ1) is 14.0. The van der Waals surface area contributed by atoms with Crippen molar-refractivity contribution in [2.24, 2.45) is 0 Å². The maximum atomic E-state index is 11.1. The molecule has 0 radical (unpaired) electrons. The Hall–Kier alpha value is -1.43. The number of carboxylic acid groups (broad SMARTS) is 1. The summed E-state index contributed by atoms with van der Waals surface area (Å²) in [6, 6.07) is 0. The summed E-state index contributed by atoms with van der Waals surface area (Å²) in [4.78, 5) is 11.1. The molecular weight excluding hydrogens is 246 g/mol. The van der Waals surface area contributed by atoms with Crippen LogP contribution in [-0.4, -0.2) is 36.8 Å². The van der Waals surface area contributed by atoms with Gasteiger partial charge in [0.25, 0.3) is 0 Å². The lowest BCUT2D eigenvalue weighted by Crippen LogP contribution is -2.37. The molecule has 6 nitrogen and oxygen atoms in total. The Morgan fingerprint density at radius 2 is 2.00 bits per heavy atom. The maximum Gasteiger partial charge on any atom is 0.358 e. The van der Waals surface area contributed by atoms with E-state index < -0.39 is 11.6 Å². The molecule has 0 spiro atoms. The van der Waals surface area contributed by atoms with Gasteiger partial charge in [0, 0.05) is 0 Å². The molecule has 106 valence electrons. The molecule has 0 aromatic carbocycles. The monoisotopic (exact) mass is 267 g/mol. The number of hydrogen-bond acceptors (Lipinski definition) is 4. The Morgan fingerprint density at radius 3 is 2.53 bits per heavy atom. The minimum absolute atomic E-state index is 0.00518. The number of carbonyl (C=O) groups is 1. The quantitative estimate of drug-likeness (QED) is 0.868. The summed E-state index contributed by atoms with van der Waals surface area (Å²) >= 11 is 0. The molecule has 6 heteroatoms. The molecule has 0 aliphatic heterocycles. The molecule has 1 aliphatic carbocycles. The van der Waals surface area contributed by atoms with Gasteiger partial charge >= 0.3 is 5.97 Å². The van der Waals surface area contributed by atoms with Gasteiger partial charge in [-0.15, -0.1) is 5.10 Å². The number of hydrogen-bond donors (Lipinski definition) is 2. The molecule has 0 saturated heterocycles. The number of aromatic carboxylic acids is 1. The molecule has 1 aromatic rings. The lowest BCUT2D eigenvalue weighted by molar-refractivity contribution is -0.0155. The van der Waals surface area contributed by atoms with Crippen molar-refractivity contribution in [1.29, 1.82) is 0 Å². The first-order chi connectivity index (χ1) is 8.93. The highest BCUT2D eigenvalue weighted by atomic mass is 16.4. The Kier molecular flexibility index (Phi) is 3.89. The third kappa shape index (κ3) is 2.94. The summed E-state index contributed by atoms with van der Waals surface area (Å²) < 4.78 is 1.57. The molecule has 19 heavy (non-hydrogen) atoms. The number of rotatable bonds is 4. The van der Waals surface area contributed by atoms with Crippen molar-refractivity contribution in [2.45, 2.75) is 64.0 Å². The molecule has 1 saturated carbocycles. The molecule has 0 amide bonds. The van der Waals surface area contributed by atoms with Crippen LogP contribution in [0.25, 0.3) is 0 Å². The van der Waals surface area contributed by atoms with E-state index >= 15 is 0 Å². The topological polar surface area (TPSA) is 88.2 Å². The van der Waals surface area contributed by atoms with Gasteiger partial charge < -0.3 is 10.2 Å². The molecule has 1 aliphatic rings. The van der Waals surface area contributed by atoms with Crippen LogP contribution in [0.3, 0.4) is 0 Å². The minimum atomic E-state index is -1.06. The average Bonchev–Trinajstić information content (AvgIpc) is 2.73. The third-order valence-electron chi connectivity index (χ3n) is 3.75. The predicted octanol–water partition coefficient (Wildman–Crippen LogP) is 1.79. The van der Waals surface area contributed by atoms with Crippen LogP contribution in [-0.2, 0) is 6.54 Å². The van der Waals surface area contributed by atoms with Crippen LogP contribution in [0, 0.1) is 0 Å². The van der Waals surface area contributed by atoms with E-state index in [9.17, 15) is 9.90 Å².